The lowest BCUT2D eigenvalue weighted by Crippen LogP contribution is -2.23. The van der Waals surface area contributed by atoms with Crippen LogP contribution in [0.3, 0.4) is 0 Å². The smallest absolute Gasteiger partial charge is 0.256 e. The molecule has 0 fully saturated rings. The average molecular weight is 168 g/mol. The summed E-state index contributed by atoms with van der Waals surface area (Å²) >= 11 is 0. The van der Waals surface area contributed by atoms with Gasteiger partial charge in [-0.05, 0) is 20.8 Å². The molecule has 1 rings (SSSR count). The van der Waals surface area contributed by atoms with Gasteiger partial charge in [-0.15, -0.1) is 0 Å². The number of hydrogen-bond donors (Lipinski definition) is 1. The van der Waals surface area contributed by atoms with Crippen molar-refractivity contribution in [3.8, 4) is 0 Å². The number of carbonyl (C=O) groups excluding carboxylic acids is 1. The summed E-state index contributed by atoms with van der Waals surface area (Å²) in [6, 6.07) is 0. The number of aromatic nitrogens is 1. The van der Waals surface area contributed by atoms with E-state index in [-0.39, 0.29) is 5.91 Å². The molecule has 66 valence electrons. The molecule has 1 aromatic heterocycles. The summed E-state index contributed by atoms with van der Waals surface area (Å²) in [6.07, 6.45) is 0. The Kier molecular flexibility index (Phi) is 2.47. The van der Waals surface area contributed by atoms with E-state index < -0.39 is 0 Å². The van der Waals surface area contributed by atoms with Crippen molar-refractivity contribution < 1.29 is 9.32 Å². The average Bonchev–Trinajstić information content (AvgIpc) is 2.32. The Labute approximate surface area is 70.9 Å². The van der Waals surface area contributed by atoms with Gasteiger partial charge in [-0.3, -0.25) is 4.79 Å². The van der Waals surface area contributed by atoms with E-state index in [0.717, 1.165) is 0 Å². The van der Waals surface area contributed by atoms with Crippen LogP contribution in [0.5, 0.6) is 0 Å². The molecule has 4 heteroatoms. The molecule has 1 heterocycles. The predicted molar refractivity (Wildman–Crippen MR) is 44.0 cm³/mol. The number of rotatable bonds is 2. The molecule has 1 N–H and O–H groups in total. The first-order valence-electron chi connectivity index (χ1n) is 3.88. The van der Waals surface area contributed by atoms with E-state index in [1.165, 1.54) is 0 Å². The fourth-order valence-corrected chi connectivity index (χ4v) is 1.06. The van der Waals surface area contributed by atoms with E-state index in [1.54, 1.807) is 13.8 Å². The summed E-state index contributed by atoms with van der Waals surface area (Å²) in [4.78, 5) is 11.3. The summed E-state index contributed by atoms with van der Waals surface area (Å²) in [5.41, 5.74) is 1.19. The Morgan fingerprint density at radius 3 is 2.67 bits per heavy atom. The molecule has 0 bridgehead atoms. The maximum atomic E-state index is 11.3. The molecule has 0 unspecified atom stereocenters. The Hall–Kier alpha value is -1.32. The van der Waals surface area contributed by atoms with E-state index in [2.05, 4.69) is 10.5 Å². The van der Waals surface area contributed by atoms with Gasteiger partial charge in [0.15, 0.2) is 0 Å². The molecule has 0 aliphatic rings. The second-order valence-electron chi connectivity index (χ2n) is 2.56. The predicted octanol–water partition coefficient (Wildman–Crippen LogP) is 1.04. The molecule has 4 nitrogen and oxygen atoms in total. The van der Waals surface area contributed by atoms with E-state index >= 15 is 0 Å². The van der Waals surface area contributed by atoms with Crippen molar-refractivity contribution in [2.24, 2.45) is 0 Å². The molecule has 0 saturated carbocycles. The largest absolute Gasteiger partial charge is 0.361 e. The van der Waals surface area contributed by atoms with Gasteiger partial charge in [0.05, 0.1) is 5.69 Å². The third-order valence-corrected chi connectivity index (χ3v) is 1.60. The quantitative estimate of drug-likeness (QED) is 0.717. The Morgan fingerprint density at radius 1 is 1.58 bits per heavy atom. The summed E-state index contributed by atoms with van der Waals surface area (Å²) < 4.78 is 4.85. The Morgan fingerprint density at radius 2 is 2.25 bits per heavy atom. The van der Waals surface area contributed by atoms with E-state index in [1.807, 2.05) is 6.92 Å². The van der Waals surface area contributed by atoms with Crippen LogP contribution in [0, 0.1) is 13.8 Å². The van der Waals surface area contributed by atoms with Crippen LogP contribution in [0.2, 0.25) is 0 Å². The van der Waals surface area contributed by atoms with Crippen molar-refractivity contribution in [2.45, 2.75) is 20.8 Å². The lowest BCUT2D eigenvalue weighted by Gasteiger charge is -1.99. The van der Waals surface area contributed by atoms with E-state index in [4.69, 9.17) is 4.52 Å². The van der Waals surface area contributed by atoms with Crippen molar-refractivity contribution in [3.05, 3.63) is 17.0 Å². The summed E-state index contributed by atoms with van der Waals surface area (Å²) in [5, 5.41) is 6.37. The molecule has 0 aliphatic carbocycles. The van der Waals surface area contributed by atoms with Gasteiger partial charge in [0.2, 0.25) is 0 Å². The van der Waals surface area contributed by atoms with Gasteiger partial charge in [0.1, 0.15) is 11.3 Å². The monoisotopic (exact) mass is 168 g/mol. The fourth-order valence-electron chi connectivity index (χ4n) is 1.06. The Balaban J connectivity index is 2.93. The van der Waals surface area contributed by atoms with Gasteiger partial charge >= 0.3 is 0 Å². The molecular formula is C8H12N2O2. The molecule has 0 aromatic carbocycles. The maximum absolute atomic E-state index is 11.3. The van der Waals surface area contributed by atoms with Gasteiger partial charge in [-0.2, -0.15) is 0 Å². The number of nitrogens with one attached hydrogen (secondary N) is 1. The van der Waals surface area contributed by atoms with Gasteiger partial charge in [-0.1, -0.05) is 5.16 Å². The minimum atomic E-state index is -0.117. The number of amides is 1. The molecule has 0 saturated heterocycles. The Bertz CT molecular complexity index is 272. The number of carbonyl (C=O) groups is 1. The molecular weight excluding hydrogens is 156 g/mol. The third-order valence-electron chi connectivity index (χ3n) is 1.60. The molecule has 1 aromatic rings. The maximum Gasteiger partial charge on any atom is 0.256 e. The molecule has 0 radical (unpaired) electrons. The highest BCUT2D eigenvalue weighted by Crippen LogP contribution is 2.11. The van der Waals surface area contributed by atoms with Crippen LogP contribution >= 0.6 is 0 Å². The zero-order chi connectivity index (χ0) is 9.14. The number of nitrogens with zero attached hydrogens (tertiary/aromatic N) is 1. The lowest BCUT2D eigenvalue weighted by molar-refractivity contribution is 0.0954. The van der Waals surface area contributed by atoms with E-state index in [0.29, 0.717) is 23.6 Å². The standard InChI is InChI=1S/C8H12N2O2/c1-4-9-8(11)7-5(2)10-12-6(7)3/h4H2,1-3H3,(H,9,11). The molecule has 0 atom stereocenters. The first-order chi connectivity index (χ1) is 5.66. The van der Waals surface area contributed by atoms with Gasteiger partial charge < -0.3 is 9.84 Å². The summed E-state index contributed by atoms with van der Waals surface area (Å²) in [7, 11) is 0. The molecule has 0 spiro atoms. The van der Waals surface area contributed by atoms with Crippen LogP contribution in [-0.4, -0.2) is 17.6 Å². The van der Waals surface area contributed by atoms with Gasteiger partial charge in [0.25, 0.3) is 5.91 Å². The lowest BCUT2D eigenvalue weighted by atomic mass is 10.2. The van der Waals surface area contributed by atoms with Crippen molar-refractivity contribution in [3.63, 3.8) is 0 Å². The van der Waals surface area contributed by atoms with Crippen LogP contribution in [0.4, 0.5) is 0 Å². The third kappa shape index (κ3) is 1.47. The highest BCUT2D eigenvalue weighted by molar-refractivity contribution is 5.95. The highest BCUT2D eigenvalue weighted by Gasteiger charge is 2.15. The van der Waals surface area contributed by atoms with Crippen molar-refractivity contribution in [1.29, 1.82) is 0 Å². The topological polar surface area (TPSA) is 55.1 Å². The van der Waals surface area contributed by atoms with Crippen LogP contribution in [-0.2, 0) is 0 Å². The van der Waals surface area contributed by atoms with Gasteiger partial charge in [0, 0.05) is 6.54 Å². The summed E-state index contributed by atoms with van der Waals surface area (Å²) in [5.74, 6) is 0.451. The second kappa shape index (κ2) is 3.38. The SMILES string of the molecule is CCNC(=O)c1c(C)noc1C. The molecule has 12 heavy (non-hydrogen) atoms. The van der Waals surface area contributed by atoms with E-state index in [9.17, 15) is 4.79 Å². The van der Waals surface area contributed by atoms with Crippen LogP contribution < -0.4 is 5.32 Å². The summed E-state index contributed by atoms with van der Waals surface area (Å²) in [6.45, 7) is 5.96. The van der Waals surface area contributed by atoms with Crippen LogP contribution in [0.15, 0.2) is 4.52 Å². The molecule has 1 amide bonds. The van der Waals surface area contributed by atoms with Gasteiger partial charge in [-0.25, -0.2) is 0 Å². The zero-order valence-corrected chi connectivity index (χ0v) is 7.47. The van der Waals surface area contributed by atoms with Crippen LogP contribution in [0.25, 0.3) is 0 Å². The van der Waals surface area contributed by atoms with Crippen molar-refractivity contribution in [2.75, 3.05) is 6.54 Å². The fraction of sp³-hybridized carbons (Fsp3) is 0.500. The first-order valence-corrected chi connectivity index (χ1v) is 3.88. The van der Waals surface area contributed by atoms with Crippen molar-refractivity contribution in [1.82, 2.24) is 10.5 Å². The minimum absolute atomic E-state index is 0.117. The zero-order valence-electron chi connectivity index (χ0n) is 7.47. The van der Waals surface area contributed by atoms with Crippen molar-refractivity contribution >= 4 is 5.91 Å². The normalized spacial score (nSPS) is 9.92. The van der Waals surface area contributed by atoms with Crippen LogP contribution in [0.1, 0.15) is 28.7 Å². The second-order valence-corrected chi connectivity index (χ2v) is 2.56. The highest BCUT2D eigenvalue weighted by atomic mass is 16.5. The number of aryl methyl sites for hydroxylation is 2. The minimum Gasteiger partial charge on any atom is -0.361 e. The molecule has 0 aliphatic heterocycles. The first kappa shape index (κ1) is 8.77. The number of hydrogen-bond acceptors (Lipinski definition) is 3.